The molecule has 4 N–H and O–H groups in total. The van der Waals surface area contributed by atoms with E-state index in [1.54, 1.807) is 47.8 Å². The van der Waals surface area contributed by atoms with Gasteiger partial charge in [-0.25, -0.2) is 4.79 Å². The van der Waals surface area contributed by atoms with Crippen molar-refractivity contribution in [3.05, 3.63) is 12.3 Å². The zero-order valence-corrected chi connectivity index (χ0v) is 110. The molecule has 4 aliphatic rings. The second kappa shape index (κ2) is 78.1. The van der Waals surface area contributed by atoms with Gasteiger partial charge in [0.15, 0.2) is 5.78 Å². The quantitative estimate of drug-likeness (QED) is 0.0400. The Morgan fingerprint density at radius 1 is 0.345 bits per heavy atom. The van der Waals surface area contributed by atoms with Crippen LogP contribution in [0.15, 0.2) is 12.3 Å². The molecule has 0 aromatic rings. The molecular weight excluding hydrogens is 1860 g/mol. The Labute approximate surface area is 920 Å². The predicted octanol–water partition coefficient (Wildman–Crippen LogP) is 27.0. The number of ether oxygens (including phenoxy) is 9. The Hall–Kier alpha value is -4.12. The molecule has 0 amide bonds. The Morgan fingerprint density at radius 3 is 0.905 bits per heavy atom. The summed E-state index contributed by atoms with van der Waals surface area (Å²) in [6, 6.07) is 0. The second-order valence-electron chi connectivity index (χ2n) is 59.9. The summed E-state index contributed by atoms with van der Waals surface area (Å²) in [6.07, 6.45) is 13.8. The van der Waals surface area contributed by atoms with Crippen molar-refractivity contribution in [1.82, 2.24) is 39.2 Å². The van der Waals surface area contributed by atoms with Gasteiger partial charge in [-0.2, -0.15) is 0 Å². The van der Waals surface area contributed by atoms with Crippen molar-refractivity contribution in [2.45, 2.75) is 448 Å². The highest BCUT2D eigenvalue weighted by Gasteiger charge is 2.35. The smallest absolute Gasteiger partial charge is 0.494 e. The summed E-state index contributed by atoms with van der Waals surface area (Å²) in [6.45, 7) is 137. The maximum Gasteiger partial charge on any atom is 0.508 e. The number of carbonyl (C=O) groups excluding carboxylic acids is 6. The maximum atomic E-state index is 12.2. The lowest BCUT2D eigenvalue weighted by molar-refractivity contribution is -0.157. The molecule has 148 heavy (non-hydrogen) atoms. The Balaban J connectivity index is -0.000000206. The molecule has 25 nitrogen and oxygen atoms in total. The van der Waals surface area contributed by atoms with Crippen LogP contribution >= 0.6 is 0 Å². The van der Waals surface area contributed by atoms with Gasteiger partial charge in [0.05, 0.1) is 82.7 Å². The lowest BCUT2D eigenvalue weighted by atomic mass is 9.89. The van der Waals surface area contributed by atoms with E-state index in [2.05, 4.69) is 303 Å². The number of allylic oxidation sites excluding steroid dienone is 1. The van der Waals surface area contributed by atoms with Crippen LogP contribution in [0.3, 0.4) is 0 Å². The number of rotatable bonds is 29. The number of hydrogen-bond acceptors (Lipinski definition) is 25. The molecule has 0 aromatic carbocycles. The molecule has 892 valence electrons. The molecule has 4 fully saturated rings. The number of nitrogens with zero attached hydrogens (tertiary/aromatic N) is 8. The van der Waals surface area contributed by atoms with Gasteiger partial charge in [-0.05, 0) is 260 Å². The minimum absolute atomic E-state index is 0.000903. The topological polar surface area (TPSA) is 263 Å². The number of Topliss-reactive ketones (excluding diaryl/α,β-unsaturated/α-hetero) is 1. The van der Waals surface area contributed by atoms with Crippen molar-refractivity contribution >= 4 is 35.8 Å². The summed E-state index contributed by atoms with van der Waals surface area (Å²) in [5, 5.41) is 0. The van der Waals surface area contributed by atoms with Gasteiger partial charge in [0.2, 0.25) is 0 Å². The SMILES string of the molecule is CC.CC(C)(C)C/C=C\OCC(=O)C(C)(C)C.CC(C)(C)CCN1CCOCC1.CC(C)(C)CCOC(=O)C(C)(C)N.CC(C)(C)CN1CCOCC1.CC(C)(C)COC(=O)C(C)(C)N.CC(C)OC(=O)OCC(C)(C)C.CCC(C)(C)C.CCCC(C)(C)C.CN(C)CC(C)(C)C.CN(C)CCC(C)(C)C.CN1CCN(CCC(C)(C)C(=O)OCC(C)(C)C)CC1.CN1CCN(CCC(C)(C)C(=O)OCCC(C)(C)C)CC1. The second-order valence-corrected chi connectivity index (χ2v) is 59.9. The zero-order chi connectivity index (χ0) is 119. The minimum atomic E-state index is -0.884. The van der Waals surface area contributed by atoms with Crippen molar-refractivity contribution in [3.63, 3.8) is 0 Å². The van der Waals surface area contributed by atoms with E-state index in [1.165, 1.54) is 51.7 Å². The highest BCUT2D eigenvalue weighted by atomic mass is 16.7. The number of esters is 4. The number of piperazine rings is 2. The third kappa shape index (κ3) is 129. The molecule has 0 aromatic heterocycles. The molecule has 4 rings (SSSR count). The molecule has 4 heterocycles. The van der Waals surface area contributed by atoms with Crippen LogP contribution in [0.5, 0.6) is 0 Å². The maximum absolute atomic E-state index is 12.2. The molecule has 0 unspecified atom stereocenters. The van der Waals surface area contributed by atoms with Crippen LogP contribution < -0.4 is 11.5 Å². The molecule has 0 radical (unpaired) electrons. The van der Waals surface area contributed by atoms with E-state index in [0.717, 1.165) is 157 Å². The Bertz CT molecular complexity index is 3280. The molecule has 0 atom stereocenters. The molecular formula is C123H260N10O15. The monoisotopic (exact) mass is 2120 g/mol. The molecule has 0 spiro atoms. The number of carbonyl (C=O) groups is 6. The van der Waals surface area contributed by atoms with Crippen LogP contribution in [0.2, 0.25) is 0 Å². The van der Waals surface area contributed by atoms with Crippen molar-refractivity contribution in [1.29, 1.82) is 0 Å². The highest BCUT2D eigenvalue weighted by Crippen LogP contribution is 2.30. The molecule has 0 aliphatic carbocycles. The highest BCUT2D eigenvalue weighted by molar-refractivity contribution is 5.85. The molecule has 4 aliphatic heterocycles. The summed E-state index contributed by atoms with van der Waals surface area (Å²) in [7, 11) is 12.8. The summed E-state index contributed by atoms with van der Waals surface area (Å²) in [4.78, 5) is 88.1. The normalized spacial score (nSPS) is 15.6. The Morgan fingerprint density at radius 2 is 0.649 bits per heavy atom. The number of hydrogen-bond donors (Lipinski definition) is 2. The van der Waals surface area contributed by atoms with Crippen LogP contribution in [0.4, 0.5) is 4.79 Å². The third-order valence-electron chi connectivity index (χ3n) is 22.1. The van der Waals surface area contributed by atoms with Crippen LogP contribution in [-0.4, -0.2) is 318 Å². The summed E-state index contributed by atoms with van der Waals surface area (Å²) in [5.74, 6) is -0.681. The summed E-state index contributed by atoms with van der Waals surface area (Å²) < 4.78 is 46.4. The van der Waals surface area contributed by atoms with Crippen molar-refractivity contribution in [2.24, 2.45) is 92.7 Å². The van der Waals surface area contributed by atoms with Crippen LogP contribution in [0.1, 0.15) is 431 Å². The van der Waals surface area contributed by atoms with E-state index in [9.17, 15) is 28.8 Å². The largest absolute Gasteiger partial charge is 0.508 e. The van der Waals surface area contributed by atoms with E-state index >= 15 is 0 Å². The molecule has 25 heteroatoms. The first kappa shape index (κ1) is 161. The van der Waals surface area contributed by atoms with E-state index in [-0.39, 0.29) is 85.7 Å². The van der Waals surface area contributed by atoms with Gasteiger partial charge in [-0.1, -0.05) is 311 Å². The third-order valence-corrected chi connectivity index (χ3v) is 22.1. The van der Waals surface area contributed by atoms with Crippen molar-refractivity contribution in [2.75, 3.05) is 226 Å². The fourth-order valence-corrected chi connectivity index (χ4v) is 11.8. The summed E-state index contributed by atoms with van der Waals surface area (Å²) >= 11 is 0. The predicted molar refractivity (Wildman–Crippen MR) is 637 cm³/mol. The Kier molecular flexibility index (Phi) is 85.2. The van der Waals surface area contributed by atoms with Gasteiger partial charge < -0.3 is 83.5 Å². The molecule has 4 saturated heterocycles. The average molecular weight is 2120 g/mol. The van der Waals surface area contributed by atoms with Crippen LogP contribution in [-0.2, 0) is 66.6 Å². The number of ketones is 1. The molecule has 0 saturated carbocycles. The number of morpholine rings is 2. The van der Waals surface area contributed by atoms with Crippen molar-refractivity contribution in [3.8, 4) is 0 Å². The minimum Gasteiger partial charge on any atom is -0.494 e. The van der Waals surface area contributed by atoms with Crippen LogP contribution in [0.25, 0.3) is 0 Å². The van der Waals surface area contributed by atoms with E-state index < -0.39 is 22.6 Å². The first-order chi connectivity index (χ1) is 66.0. The van der Waals surface area contributed by atoms with Gasteiger partial charge in [0.25, 0.3) is 0 Å². The van der Waals surface area contributed by atoms with E-state index in [0.29, 0.717) is 65.5 Å². The lowest BCUT2D eigenvalue weighted by Crippen LogP contribution is -2.45. The van der Waals surface area contributed by atoms with Gasteiger partial charge in [-0.3, -0.25) is 33.8 Å². The van der Waals surface area contributed by atoms with Gasteiger partial charge in [-0.15, -0.1) is 0 Å². The van der Waals surface area contributed by atoms with Gasteiger partial charge >= 0.3 is 30.0 Å². The van der Waals surface area contributed by atoms with Crippen molar-refractivity contribution < 1.29 is 71.4 Å². The number of likely N-dealkylation sites (N-methyl/N-ethyl adjacent to an activating group) is 2. The van der Waals surface area contributed by atoms with E-state index in [4.69, 9.17) is 54.1 Å². The average Bonchev–Trinajstić information content (AvgIpc) is 0.860. The van der Waals surface area contributed by atoms with Gasteiger partial charge in [0.1, 0.15) is 17.7 Å². The van der Waals surface area contributed by atoms with E-state index in [1.807, 2.05) is 110 Å². The van der Waals surface area contributed by atoms with Crippen LogP contribution in [0, 0.1) is 81.2 Å². The van der Waals surface area contributed by atoms with Gasteiger partial charge in [0, 0.05) is 97.0 Å². The molecule has 0 bridgehead atoms. The fourth-order valence-electron chi connectivity index (χ4n) is 11.8. The standard InChI is InChI=1S/C17H34N2O2.C16H32N2O2.C13H24O2.C10H21NO2.C10H21NO.C9H19NO2.C9H19NO.C9H18O3.C8H19N.C7H17N.C7H16.C6H14.C2H6/c1-16(2,3)8-14-21-15(20)17(4,5)7-9-19-12-10-18(6)11-13-19;1-15(2,3)13-20-14(19)16(4,5)7-8-18-11-9-17(6)10-12-18;1-12(2,3)8-7-9-15-10-11(14)13(4,5)6;1-9(2,3)6-7-13-8(12)10(4,5)11;1-10(2,3)4-5-11-6-8-12-9-7-11;1-8(2,3)6-12-7(11)9(4,5)10;1-9(2,3)8-10-4-6-11-7-5-10;1-7(2)12-8(10)11-6-9(3,4)5;1-8(2,3)6-7-9(4)5;1-7(2,3)6-8(4)5;1-5-6-7(2,3)4;1-5-6(2,3)4;1-2/h7-14H2,1-6H3;7-13H2,1-6H3;7,9H,8,10H2,1-6H3;6-7,11H2,1-5H3;4-9H2,1-3H3;6,10H2,1-5H3;4-8H2,1-3H3;7H,6H2,1-5H3;6-7H2,1-5H3;6H2,1-5H3;5-6H2,1-4H3;5H2,1-4H3;1-2H3/b;;9-7-;;;;;;;;;;. The first-order valence-electron chi connectivity index (χ1n) is 56.6. The fraction of sp³-hybridized carbons (Fsp3) is 0.935. The summed E-state index contributed by atoms with van der Waals surface area (Å²) in [5.41, 5.74) is 11.9. The first-order valence-corrected chi connectivity index (χ1v) is 56.6. The number of nitrogens with two attached hydrogens (primary N) is 2. The lowest BCUT2D eigenvalue weighted by Gasteiger charge is -2.34. The zero-order valence-electron chi connectivity index (χ0n) is 110.